The predicted octanol–water partition coefficient (Wildman–Crippen LogP) is 3.95. The third-order valence-electron chi connectivity index (χ3n) is 6.62. The molecule has 1 aromatic heterocycles. The van der Waals surface area contributed by atoms with Gasteiger partial charge in [-0.3, -0.25) is 9.69 Å². The maximum atomic E-state index is 13.1. The van der Waals surface area contributed by atoms with Gasteiger partial charge in [-0.05, 0) is 37.6 Å². The Bertz CT molecular complexity index is 1030. The fraction of sp³-hybridized carbons (Fsp3) is 0.360. The van der Waals surface area contributed by atoms with E-state index < -0.39 is 0 Å². The van der Waals surface area contributed by atoms with Crippen molar-refractivity contribution in [1.82, 2.24) is 14.8 Å². The molecule has 3 aromatic rings. The molecule has 2 aliphatic rings. The predicted molar refractivity (Wildman–Crippen MR) is 116 cm³/mol. The van der Waals surface area contributed by atoms with E-state index in [1.807, 2.05) is 42.2 Å². The molecule has 0 saturated carbocycles. The fourth-order valence-electron chi connectivity index (χ4n) is 5.16. The minimum Gasteiger partial charge on any atom is -0.441 e. The Morgan fingerprint density at radius 2 is 1.73 bits per heavy atom. The Kier molecular flexibility index (Phi) is 4.91. The van der Waals surface area contributed by atoms with Crippen LogP contribution in [0.15, 0.2) is 65.1 Å². The summed E-state index contributed by atoms with van der Waals surface area (Å²) in [7, 11) is 2.20. The highest BCUT2D eigenvalue weighted by atomic mass is 16.4. The second-order valence-electron chi connectivity index (χ2n) is 8.58. The largest absolute Gasteiger partial charge is 0.441 e. The number of likely N-dealkylation sites (tertiary alicyclic amines) is 2. The van der Waals surface area contributed by atoms with E-state index in [0.29, 0.717) is 30.2 Å². The van der Waals surface area contributed by atoms with E-state index in [9.17, 15) is 4.79 Å². The van der Waals surface area contributed by atoms with E-state index in [-0.39, 0.29) is 5.91 Å². The van der Waals surface area contributed by atoms with Gasteiger partial charge >= 0.3 is 0 Å². The number of fused-ring (bicyclic) bond motifs is 1. The topological polar surface area (TPSA) is 49.6 Å². The Labute approximate surface area is 177 Å². The molecule has 0 bridgehead atoms. The number of rotatable bonds is 4. The zero-order valence-corrected chi connectivity index (χ0v) is 17.5. The number of hydrogen-bond acceptors (Lipinski definition) is 4. The van der Waals surface area contributed by atoms with Crippen LogP contribution < -0.4 is 0 Å². The smallest absolute Gasteiger partial charge is 0.228 e. The van der Waals surface area contributed by atoms with Crippen molar-refractivity contribution in [3.63, 3.8) is 0 Å². The van der Waals surface area contributed by atoms with Crippen molar-refractivity contribution >= 4 is 5.91 Å². The number of nitrogens with zero attached hydrogens (tertiary/aromatic N) is 3. The standard InChI is InChI=1S/C25H27N3O2/c1-17-22(26-25(30-17)19-11-7-4-8-12-19)13-23(29)28-15-20-14-27(2)24(21(20)16-28)18-9-5-3-6-10-18/h3-12,20-21,24H,13-16H2,1-2H3/t20-,21+,24-/m0/s1. The number of hydrogen-bond donors (Lipinski definition) is 0. The SMILES string of the molecule is Cc1oc(-c2ccccc2)nc1CC(=O)N1C[C@@H]2CN(C)[C@@H](c3ccccc3)[C@@H]2C1. The molecule has 5 heteroatoms. The van der Waals surface area contributed by atoms with Gasteiger partial charge in [0.15, 0.2) is 0 Å². The summed E-state index contributed by atoms with van der Waals surface area (Å²) in [6.07, 6.45) is 0.299. The third-order valence-corrected chi connectivity index (χ3v) is 6.62. The lowest BCUT2D eigenvalue weighted by molar-refractivity contribution is -0.130. The first-order chi connectivity index (χ1) is 14.6. The first-order valence-electron chi connectivity index (χ1n) is 10.6. The molecule has 0 spiro atoms. The van der Waals surface area contributed by atoms with Crippen LogP contribution in [-0.2, 0) is 11.2 Å². The highest BCUT2D eigenvalue weighted by Gasteiger charge is 2.47. The van der Waals surface area contributed by atoms with E-state index in [4.69, 9.17) is 4.42 Å². The second kappa shape index (κ2) is 7.73. The number of carbonyl (C=O) groups is 1. The average molecular weight is 402 g/mol. The van der Waals surface area contributed by atoms with Crippen molar-refractivity contribution in [2.24, 2.45) is 11.8 Å². The summed E-state index contributed by atoms with van der Waals surface area (Å²) in [6.45, 7) is 4.58. The summed E-state index contributed by atoms with van der Waals surface area (Å²) < 4.78 is 5.84. The van der Waals surface area contributed by atoms with Gasteiger partial charge < -0.3 is 9.32 Å². The molecule has 0 radical (unpaired) electrons. The van der Waals surface area contributed by atoms with Gasteiger partial charge in [-0.25, -0.2) is 4.98 Å². The number of amides is 1. The van der Waals surface area contributed by atoms with Gasteiger partial charge in [0.25, 0.3) is 0 Å². The normalized spacial score (nSPS) is 23.7. The summed E-state index contributed by atoms with van der Waals surface area (Å²) in [4.78, 5) is 22.2. The monoisotopic (exact) mass is 401 g/mol. The number of oxazole rings is 1. The average Bonchev–Trinajstić information content (AvgIpc) is 3.42. The third kappa shape index (κ3) is 3.43. The van der Waals surface area contributed by atoms with Crippen LogP contribution in [0, 0.1) is 18.8 Å². The molecule has 5 rings (SSSR count). The Balaban J connectivity index is 1.29. The van der Waals surface area contributed by atoms with Crippen molar-refractivity contribution in [2.75, 3.05) is 26.7 Å². The maximum absolute atomic E-state index is 13.1. The minimum atomic E-state index is 0.148. The van der Waals surface area contributed by atoms with E-state index in [2.05, 4.69) is 47.3 Å². The summed E-state index contributed by atoms with van der Waals surface area (Å²) in [5, 5.41) is 0. The molecule has 1 amide bonds. The minimum absolute atomic E-state index is 0.148. The van der Waals surface area contributed by atoms with Crippen LogP contribution in [0.5, 0.6) is 0 Å². The number of carbonyl (C=O) groups excluding carboxylic acids is 1. The summed E-state index contributed by atoms with van der Waals surface area (Å²) >= 11 is 0. The zero-order valence-electron chi connectivity index (χ0n) is 17.5. The lowest BCUT2D eigenvalue weighted by atomic mass is 9.90. The van der Waals surface area contributed by atoms with Crippen LogP contribution >= 0.6 is 0 Å². The van der Waals surface area contributed by atoms with Crippen molar-refractivity contribution in [3.8, 4) is 11.5 Å². The Hall–Kier alpha value is -2.92. The van der Waals surface area contributed by atoms with Gasteiger partial charge in [0, 0.05) is 37.2 Å². The van der Waals surface area contributed by atoms with Crippen molar-refractivity contribution in [2.45, 2.75) is 19.4 Å². The van der Waals surface area contributed by atoms with Crippen LogP contribution in [0.1, 0.15) is 23.1 Å². The number of aryl methyl sites for hydroxylation is 1. The van der Waals surface area contributed by atoms with E-state index in [0.717, 1.165) is 36.7 Å². The van der Waals surface area contributed by atoms with Crippen LogP contribution in [0.2, 0.25) is 0 Å². The molecule has 154 valence electrons. The molecule has 2 aromatic carbocycles. The molecule has 2 fully saturated rings. The zero-order chi connectivity index (χ0) is 20.7. The highest BCUT2D eigenvalue weighted by Crippen LogP contribution is 2.44. The molecular weight excluding hydrogens is 374 g/mol. The van der Waals surface area contributed by atoms with Crippen LogP contribution in [0.4, 0.5) is 0 Å². The second-order valence-corrected chi connectivity index (χ2v) is 8.58. The molecule has 2 saturated heterocycles. The number of benzene rings is 2. The molecule has 2 aliphatic heterocycles. The highest BCUT2D eigenvalue weighted by molar-refractivity contribution is 5.79. The molecule has 3 atom stereocenters. The molecule has 3 heterocycles. The van der Waals surface area contributed by atoms with Crippen LogP contribution in [-0.4, -0.2) is 47.4 Å². The van der Waals surface area contributed by atoms with Gasteiger partial charge in [-0.2, -0.15) is 0 Å². The first kappa shape index (κ1) is 19.1. The van der Waals surface area contributed by atoms with E-state index >= 15 is 0 Å². The molecule has 30 heavy (non-hydrogen) atoms. The molecule has 0 N–H and O–H groups in total. The van der Waals surface area contributed by atoms with E-state index in [1.165, 1.54) is 5.56 Å². The van der Waals surface area contributed by atoms with Gasteiger partial charge in [-0.15, -0.1) is 0 Å². The molecular formula is C25H27N3O2. The Morgan fingerprint density at radius 1 is 1.03 bits per heavy atom. The lowest BCUT2D eigenvalue weighted by Crippen LogP contribution is -2.34. The number of aromatic nitrogens is 1. The fourth-order valence-corrected chi connectivity index (χ4v) is 5.16. The van der Waals surface area contributed by atoms with Gasteiger partial charge in [0.05, 0.1) is 12.1 Å². The maximum Gasteiger partial charge on any atom is 0.228 e. The van der Waals surface area contributed by atoms with Crippen LogP contribution in [0.25, 0.3) is 11.5 Å². The lowest BCUT2D eigenvalue weighted by Gasteiger charge is -2.26. The summed E-state index contributed by atoms with van der Waals surface area (Å²) in [5.41, 5.74) is 3.03. The van der Waals surface area contributed by atoms with Crippen molar-refractivity contribution in [3.05, 3.63) is 77.7 Å². The quantitative estimate of drug-likeness (QED) is 0.664. The van der Waals surface area contributed by atoms with Crippen LogP contribution in [0.3, 0.4) is 0 Å². The summed E-state index contributed by atoms with van der Waals surface area (Å²) in [5.74, 6) is 2.47. The Morgan fingerprint density at radius 3 is 2.47 bits per heavy atom. The van der Waals surface area contributed by atoms with Gasteiger partial charge in [0.2, 0.25) is 11.8 Å². The van der Waals surface area contributed by atoms with Crippen molar-refractivity contribution < 1.29 is 9.21 Å². The molecule has 0 unspecified atom stereocenters. The van der Waals surface area contributed by atoms with Gasteiger partial charge in [-0.1, -0.05) is 48.5 Å². The summed E-state index contributed by atoms with van der Waals surface area (Å²) in [6, 6.07) is 20.9. The van der Waals surface area contributed by atoms with Crippen molar-refractivity contribution in [1.29, 1.82) is 0 Å². The van der Waals surface area contributed by atoms with Gasteiger partial charge in [0.1, 0.15) is 5.76 Å². The first-order valence-corrected chi connectivity index (χ1v) is 10.6. The van der Waals surface area contributed by atoms with E-state index in [1.54, 1.807) is 0 Å². The molecule has 0 aliphatic carbocycles. The molecule has 5 nitrogen and oxygen atoms in total.